The number of nitrogens with two attached hydrogens (primary N) is 1. The summed E-state index contributed by atoms with van der Waals surface area (Å²) in [6.45, 7) is 2.03. The van der Waals surface area contributed by atoms with Crippen LogP contribution in [0.1, 0.15) is 18.5 Å². The fourth-order valence-corrected chi connectivity index (χ4v) is 1.91. The zero-order valence-corrected chi connectivity index (χ0v) is 11.7. The number of ether oxygens (including phenoxy) is 1. The minimum atomic E-state index is -0.670. The van der Waals surface area contributed by atoms with E-state index in [1.807, 2.05) is 0 Å². The van der Waals surface area contributed by atoms with E-state index in [1.165, 1.54) is 12.1 Å². The molecule has 0 spiro atoms. The van der Waals surface area contributed by atoms with E-state index in [-0.39, 0.29) is 12.4 Å². The van der Waals surface area contributed by atoms with E-state index >= 15 is 0 Å². The summed E-state index contributed by atoms with van der Waals surface area (Å²) >= 11 is 0. The zero-order valence-electron chi connectivity index (χ0n) is 11.7. The lowest BCUT2D eigenvalue weighted by Gasteiger charge is -2.19. The average Bonchev–Trinajstić information content (AvgIpc) is 2.48. The van der Waals surface area contributed by atoms with E-state index < -0.39 is 12.0 Å². The molecule has 0 fully saturated rings. The van der Waals surface area contributed by atoms with Crippen molar-refractivity contribution in [2.24, 2.45) is 0 Å². The number of anilines is 2. The van der Waals surface area contributed by atoms with Crippen molar-refractivity contribution in [1.82, 2.24) is 0 Å². The van der Waals surface area contributed by atoms with E-state index in [1.54, 1.807) is 43.3 Å². The van der Waals surface area contributed by atoms with Crippen molar-refractivity contribution in [3.8, 4) is 0 Å². The summed E-state index contributed by atoms with van der Waals surface area (Å²) in [4.78, 5) is 12.1. The number of hydrogen-bond donors (Lipinski definition) is 2. The first-order chi connectivity index (χ1) is 10.1. The Morgan fingerprint density at radius 3 is 2.38 bits per heavy atom. The van der Waals surface area contributed by atoms with Crippen LogP contribution in [-0.2, 0) is 9.53 Å². The van der Waals surface area contributed by atoms with Crippen LogP contribution in [0.25, 0.3) is 0 Å². The van der Waals surface area contributed by atoms with Gasteiger partial charge in [0.2, 0.25) is 0 Å². The van der Waals surface area contributed by atoms with Crippen LogP contribution in [0.4, 0.5) is 15.8 Å². The number of nitrogen functional groups attached to an aromatic ring is 1. The second kappa shape index (κ2) is 6.74. The van der Waals surface area contributed by atoms with Crippen LogP contribution in [0.2, 0.25) is 0 Å². The quantitative estimate of drug-likeness (QED) is 0.655. The molecule has 0 amide bonds. The van der Waals surface area contributed by atoms with E-state index in [0.717, 1.165) is 5.56 Å². The summed E-state index contributed by atoms with van der Waals surface area (Å²) < 4.78 is 18.0. The Labute approximate surface area is 122 Å². The highest BCUT2D eigenvalue weighted by Gasteiger charge is 2.21. The molecule has 0 saturated heterocycles. The second-order valence-electron chi connectivity index (χ2n) is 4.50. The van der Waals surface area contributed by atoms with Gasteiger partial charge in [-0.15, -0.1) is 0 Å². The molecule has 0 aliphatic heterocycles. The van der Waals surface area contributed by atoms with Gasteiger partial charge in [0.1, 0.15) is 5.82 Å². The predicted molar refractivity (Wildman–Crippen MR) is 80.3 cm³/mol. The van der Waals surface area contributed by atoms with Crippen molar-refractivity contribution in [3.05, 3.63) is 59.9 Å². The molecule has 21 heavy (non-hydrogen) atoms. The highest BCUT2D eigenvalue weighted by molar-refractivity contribution is 5.81. The summed E-state index contributed by atoms with van der Waals surface area (Å²) in [5.74, 6) is -0.729. The van der Waals surface area contributed by atoms with Gasteiger partial charge in [-0.3, -0.25) is 0 Å². The maximum Gasteiger partial charge on any atom is 0.333 e. The minimum absolute atomic E-state index is 0.287. The lowest BCUT2D eigenvalue weighted by Crippen LogP contribution is -2.23. The third-order valence-corrected chi connectivity index (χ3v) is 2.95. The minimum Gasteiger partial charge on any atom is -0.464 e. The SMILES string of the molecule is CCOC(=O)C(Nc1ccc(F)cc1)c1ccc(N)cc1. The molecular formula is C16H17FN2O2. The molecule has 5 heteroatoms. The standard InChI is InChI=1S/C16H17FN2O2/c1-2-21-16(20)15(11-3-7-13(18)8-4-11)19-14-9-5-12(17)6-10-14/h3-10,15,19H,2,18H2,1H3. The first kappa shape index (κ1) is 14.8. The number of carbonyl (C=O) groups excluding carboxylic acids is 1. The van der Waals surface area contributed by atoms with E-state index in [0.29, 0.717) is 11.4 Å². The molecule has 1 unspecified atom stereocenters. The molecule has 2 aromatic rings. The molecule has 2 aromatic carbocycles. The molecule has 4 nitrogen and oxygen atoms in total. The van der Waals surface area contributed by atoms with Gasteiger partial charge >= 0.3 is 5.97 Å². The summed E-state index contributed by atoms with van der Waals surface area (Å²) in [5, 5.41) is 3.04. The first-order valence-electron chi connectivity index (χ1n) is 6.64. The lowest BCUT2D eigenvalue weighted by atomic mass is 10.1. The summed E-state index contributed by atoms with van der Waals surface area (Å²) in [6, 6.07) is 12.1. The van der Waals surface area contributed by atoms with Crippen molar-refractivity contribution < 1.29 is 13.9 Å². The average molecular weight is 288 g/mol. The Bertz CT molecular complexity index is 597. The van der Waals surface area contributed by atoms with Crippen molar-refractivity contribution in [2.45, 2.75) is 13.0 Å². The molecule has 0 radical (unpaired) electrons. The molecule has 2 rings (SSSR count). The number of halogens is 1. The molecule has 1 atom stereocenters. The van der Waals surface area contributed by atoms with E-state index in [2.05, 4.69) is 5.32 Å². The Morgan fingerprint density at radius 1 is 1.19 bits per heavy atom. The third kappa shape index (κ3) is 3.95. The number of rotatable bonds is 5. The fourth-order valence-electron chi connectivity index (χ4n) is 1.91. The summed E-state index contributed by atoms with van der Waals surface area (Å²) in [5.41, 5.74) is 7.63. The largest absolute Gasteiger partial charge is 0.464 e. The van der Waals surface area contributed by atoms with Gasteiger partial charge in [0, 0.05) is 11.4 Å². The van der Waals surface area contributed by atoms with E-state index in [4.69, 9.17) is 10.5 Å². The summed E-state index contributed by atoms with van der Waals surface area (Å²) in [6.07, 6.45) is 0. The van der Waals surface area contributed by atoms with Gasteiger partial charge in [0.15, 0.2) is 6.04 Å². The molecule has 110 valence electrons. The monoisotopic (exact) mass is 288 g/mol. The topological polar surface area (TPSA) is 64.3 Å². The van der Waals surface area contributed by atoms with Crippen molar-refractivity contribution in [1.29, 1.82) is 0 Å². The first-order valence-corrected chi connectivity index (χ1v) is 6.64. The molecule has 0 aromatic heterocycles. The number of hydrogen-bond acceptors (Lipinski definition) is 4. The molecule has 0 heterocycles. The van der Waals surface area contributed by atoms with Crippen LogP contribution in [0.15, 0.2) is 48.5 Å². The Morgan fingerprint density at radius 2 is 1.81 bits per heavy atom. The maximum atomic E-state index is 12.9. The predicted octanol–water partition coefficient (Wildman–Crippen LogP) is 3.12. The van der Waals surface area contributed by atoms with Gasteiger partial charge < -0.3 is 15.8 Å². The Balaban J connectivity index is 2.25. The van der Waals surface area contributed by atoms with Gasteiger partial charge in [-0.2, -0.15) is 0 Å². The van der Waals surface area contributed by atoms with Crippen LogP contribution < -0.4 is 11.1 Å². The zero-order chi connectivity index (χ0) is 15.2. The molecule has 0 bridgehead atoms. The highest BCUT2D eigenvalue weighted by atomic mass is 19.1. The fraction of sp³-hybridized carbons (Fsp3) is 0.188. The molecular weight excluding hydrogens is 271 g/mol. The molecule has 0 saturated carbocycles. The van der Waals surface area contributed by atoms with Crippen molar-refractivity contribution in [2.75, 3.05) is 17.7 Å². The van der Waals surface area contributed by atoms with Gasteiger partial charge in [-0.1, -0.05) is 12.1 Å². The number of carbonyl (C=O) groups is 1. The molecule has 0 aliphatic carbocycles. The maximum absolute atomic E-state index is 12.9. The number of nitrogens with one attached hydrogen (secondary N) is 1. The molecule has 3 N–H and O–H groups in total. The van der Waals surface area contributed by atoms with Crippen LogP contribution in [0.3, 0.4) is 0 Å². The highest BCUT2D eigenvalue weighted by Crippen LogP contribution is 2.22. The van der Waals surface area contributed by atoms with Crippen molar-refractivity contribution in [3.63, 3.8) is 0 Å². The molecule has 0 aliphatic rings. The van der Waals surface area contributed by atoms with Crippen LogP contribution >= 0.6 is 0 Å². The second-order valence-corrected chi connectivity index (χ2v) is 4.50. The Kier molecular flexibility index (Phi) is 4.77. The Hall–Kier alpha value is -2.56. The number of benzene rings is 2. The normalized spacial score (nSPS) is 11.7. The van der Waals surface area contributed by atoms with Crippen LogP contribution in [-0.4, -0.2) is 12.6 Å². The van der Waals surface area contributed by atoms with E-state index in [9.17, 15) is 9.18 Å². The van der Waals surface area contributed by atoms with Crippen molar-refractivity contribution >= 4 is 17.3 Å². The van der Waals surface area contributed by atoms with Gasteiger partial charge in [0.05, 0.1) is 6.61 Å². The lowest BCUT2D eigenvalue weighted by molar-refractivity contribution is -0.144. The van der Waals surface area contributed by atoms with Gasteiger partial charge in [-0.25, -0.2) is 9.18 Å². The van der Waals surface area contributed by atoms with Gasteiger partial charge in [-0.05, 0) is 48.9 Å². The van der Waals surface area contributed by atoms with Crippen LogP contribution in [0.5, 0.6) is 0 Å². The van der Waals surface area contributed by atoms with Gasteiger partial charge in [0.25, 0.3) is 0 Å². The smallest absolute Gasteiger partial charge is 0.333 e. The third-order valence-electron chi connectivity index (χ3n) is 2.95. The van der Waals surface area contributed by atoms with Crippen LogP contribution in [0, 0.1) is 5.82 Å². The summed E-state index contributed by atoms with van der Waals surface area (Å²) in [7, 11) is 0. The number of esters is 1.